The van der Waals surface area contributed by atoms with Gasteiger partial charge in [0.25, 0.3) is 5.91 Å². The summed E-state index contributed by atoms with van der Waals surface area (Å²) in [5, 5.41) is 18.4. The van der Waals surface area contributed by atoms with E-state index in [0.29, 0.717) is 11.1 Å². The number of aromatic hydroxyl groups is 1. The molecule has 2 rings (SSSR count). The molecule has 1 N–H and O–H groups in total. The van der Waals surface area contributed by atoms with E-state index in [1.54, 1.807) is 24.0 Å². The van der Waals surface area contributed by atoms with E-state index in [0.717, 1.165) is 25.7 Å². The van der Waals surface area contributed by atoms with Crippen molar-refractivity contribution in [3.8, 4) is 11.8 Å². The summed E-state index contributed by atoms with van der Waals surface area (Å²) < 4.78 is 0. The van der Waals surface area contributed by atoms with Crippen LogP contribution in [0.3, 0.4) is 0 Å². The number of nitrogens with zero attached hydrogens (tertiary/aromatic N) is 2. The van der Waals surface area contributed by atoms with Gasteiger partial charge in [0.1, 0.15) is 12.3 Å². The summed E-state index contributed by atoms with van der Waals surface area (Å²) in [7, 11) is 0. The van der Waals surface area contributed by atoms with Crippen LogP contribution < -0.4 is 0 Å². The number of carbonyl (C=O) groups is 1. The van der Waals surface area contributed by atoms with Crippen molar-refractivity contribution in [1.29, 1.82) is 5.26 Å². The number of amides is 1. The molecule has 1 fully saturated rings. The number of carbonyl (C=O) groups excluding carboxylic acids is 1. The van der Waals surface area contributed by atoms with Gasteiger partial charge in [-0.25, -0.2) is 0 Å². The van der Waals surface area contributed by atoms with Gasteiger partial charge < -0.3 is 10.0 Å². The molecule has 1 saturated carbocycles. The SMILES string of the molecule is Cc1cc(C(=O)N(CC#N)C2CCCC2)ccc1O. The lowest BCUT2D eigenvalue weighted by molar-refractivity contribution is 0.0709. The second kappa shape index (κ2) is 5.75. The van der Waals surface area contributed by atoms with Crippen LogP contribution in [0, 0.1) is 18.3 Å². The lowest BCUT2D eigenvalue weighted by Gasteiger charge is -2.26. The van der Waals surface area contributed by atoms with E-state index < -0.39 is 0 Å². The first-order valence-corrected chi connectivity index (χ1v) is 6.61. The molecule has 1 aromatic carbocycles. The van der Waals surface area contributed by atoms with Gasteiger partial charge in [0.2, 0.25) is 0 Å². The van der Waals surface area contributed by atoms with Gasteiger partial charge in [0.15, 0.2) is 0 Å². The Bertz CT molecular complexity index is 513. The van der Waals surface area contributed by atoms with Gasteiger partial charge in [-0.15, -0.1) is 0 Å². The highest BCUT2D eigenvalue weighted by Crippen LogP contribution is 2.25. The summed E-state index contributed by atoms with van der Waals surface area (Å²) >= 11 is 0. The maximum atomic E-state index is 12.5. The number of phenols is 1. The smallest absolute Gasteiger partial charge is 0.254 e. The molecule has 100 valence electrons. The summed E-state index contributed by atoms with van der Waals surface area (Å²) in [4.78, 5) is 14.1. The Morgan fingerprint density at radius 3 is 2.74 bits per heavy atom. The third kappa shape index (κ3) is 2.87. The monoisotopic (exact) mass is 258 g/mol. The molecule has 0 saturated heterocycles. The van der Waals surface area contributed by atoms with Gasteiger partial charge >= 0.3 is 0 Å². The first kappa shape index (κ1) is 13.4. The van der Waals surface area contributed by atoms with Crippen LogP contribution in [0.25, 0.3) is 0 Å². The van der Waals surface area contributed by atoms with Gasteiger partial charge in [-0.05, 0) is 43.5 Å². The highest BCUT2D eigenvalue weighted by atomic mass is 16.3. The Kier molecular flexibility index (Phi) is 4.06. The predicted octanol–water partition coefficient (Wildman–Crippen LogP) is 2.61. The Morgan fingerprint density at radius 2 is 2.16 bits per heavy atom. The van der Waals surface area contributed by atoms with Crippen LogP contribution in [-0.4, -0.2) is 28.5 Å². The molecule has 0 aromatic heterocycles. The maximum Gasteiger partial charge on any atom is 0.254 e. The molecule has 0 atom stereocenters. The first-order valence-electron chi connectivity index (χ1n) is 6.61. The Hall–Kier alpha value is -2.02. The van der Waals surface area contributed by atoms with Gasteiger partial charge in [-0.2, -0.15) is 5.26 Å². The van der Waals surface area contributed by atoms with Gasteiger partial charge in [-0.3, -0.25) is 4.79 Å². The van der Waals surface area contributed by atoms with Crippen molar-refractivity contribution in [2.45, 2.75) is 38.6 Å². The minimum atomic E-state index is -0.114. The Balaban J connectivity index is 2.23. The molecule has 0 radical (unpaired) electrons. The molecular formula is C15H18N2O2. The van der Waals surface area contributed by atoms with Crippen LogP contribution >= 0.6 is 0 Å². The minimum absolute atomic E-state index is 0.114. The largest absolute Gasteiger partial charge is 0.508 e. The van der Waals surface area contributed by atoms with Crippen molar-refractivity contribution in [3.05, 3.63) is 29.3 Å². The zero-order valence-corrected chi connectivity index (χ0v) is 11.1. The average molecular weight is 258 g/mol. The Labute approximate surface area is 113 Å². The van der Waals surface area contributed by atoms with E-state index >= 15 is 0 Å². The molecule has 0 spiro atoms. The number of rotatable bonds is 3. The number of benzene rings is 1. The van der Waals surface area contributed by atoms with Crippen LogP contribution in [0.4, 0.5) is 0 Å². The molecule has 1 aliphatic carbocycles. The molecule has 4 nitrogen and oxygen atoms in total. The van der Waals surface area contributed by atoms with E-state index in [2.05, 4.69) is 6.07 Å². The molecule has 0 aliphatic heterocycles. The van der Waals surface area contributed by atoms with Crippen molar-refractivity contribution < 1.29 is 9.90 Å². The third-order valence-electron chi connectivity index (χ3n) is 3.71. The van der Waals surface area contributed by atoms with E-state index in [1.165, 1.54) is 6.07 Å². The van der Waals surface area contributed by atoms with E-state index in [1.807, 2.05) is 0 Å². The molecule has 19 heavy (non-hydrogen) atoms. The van der Waals surface area contributed by atoms with Crippen molar-refractivity contribution in [3.63, 3.8) is 0 Å². The lowest BCUT2D eigenvalue weighted by Crippen LogP contribution is -2.39. The van der Waals surface area contributed by atoms with Gasteiger partial charge in [0, 0.05) is 11.6 Å². The number of aryl methyl sites for hydroxylation is 1. The van der Waals surface area contributed by atoms with Crippen LogP contribution in [0.5, 0.6) is 5.75 Å². The van der Waals surface area contributed by atoms with Crippen LogP contribution in [0.2, 0.25) is 0 Å². The molecular weight excluding hydrogens is 240 g/mol. The van der Waals surface area contributed by atoms with E-state index in [-0.39, 0.29) is 24.2 Å². The molecule has 4 heteroatoms. The normalized spacial score (nSPS) is 15.2. The Morgan fingerprint density at radius 1 is 1.47 bits per heavy atom. The van der Waals surface area contributed by atoms with E-state index in [4.69, 9.17) is 5.26 Å². The molecule has 0 unspecified atom stereocenters. The molecule has 0 heterocycles. The second-order valence-corrected chi connectivity index (χ2v) is 5.03. The maximum absolute atomic E-state index is 12.5. The molecule has 1 aromatic rings. The number of hydrogen-bond donors (Lipinski definition) is 1. The van der Waals surface area contributed by atoms with E-state index in [9.17, 15) is 9.90 Å². The van der Waals surface area contributed by atoms with Gasteiger partial charge in [0.05, 0.1) is 6.07 Å². The highest BCUT2D eigenvalue weighted by molar-refractivity contribution is 5.95. The fraction of sp³-hybridized carbons (Fsp3) is 0.467. The van der Waals surface area contributed by atoms with Crippen molar-refractivity contribution in [2.24, 2.45) is 0 Å². The average Bonchev–Trinajstić information content (AvgIpc) is 2.92. The predicted molar refractivity (Wildman–Crippen MR) is 71.7 cm³/mol. The molecule has 1 aliphatic rings. The summed E-state index contributed by atoms with van der Waals surface area (Å²) in [5.41, 5.74) is 1.21. The molecule has 1 amide bonds. The lowest BCUT2D eigenvalue weighted by atomic mass is 10.1. The van der Waals surface area contributed by atoms with Crippen molar-refractivity contribution >= 4 is 5.91 Å². The van der Waals surface area contributed by atoms with Crippen LogP contribution in [0.15, 0.2) is 18.2 Å². The van der Waals surface area contributed by atoms with Crippen molar-refractivity contribution in [1.82, 2.24) is 4.90 Å². The highest BCUT2D eigenvalue weighted by Gasteiger charge is 2.27. The number of nitriles is 1. The third-order valence-corrected chi connectivity index (χ3v) is 3.71. The number of phenolic OH excluding ortho intramolecular Hbond substituents is 1. The quantitative estimate of drug-likeness (QED) is 0.847. The summed E-state index contributed by atoms with van der Waals surface area (Å²) in [6.45, 7) is 1.89. The number of hydrogen-bond acceptors (Lipinski definition) is 3. The summed E-state index contributed by atoms with van der Waals surface area (Å²) in [6, 6.07) is 7.08. The summed E-state index contributed by atoms with van der Waals surface area (Å²) in [6.07, 6.45) is 4.19. The minimum Gasteiger partial charge on any atom is -0.508 e. The zero-order chi connectivity index (χ0) is 13.8. The zero-order valence-electron chi connectivity index (χ0n) is 11.1. The molecule has 0 bridgehead atoms. The summed E-state index contributed by atoms with van der Waals surface area (Å²) in [5.74, 6) is 0.0702. The fourth-order valence-corrected chi connectivity index (χ4v) is 2.61. The van der Waals surface area contributed by atoms with Gasteiger partial charge in [-0.1, -0.05) is 12.8 Å². The van der Waals surface area contributed by atoms with Crippen LogP contribution in [0.1, 0.15) is 41.6 Å². The standard InChI is InChI=1S/C15H18N2O2/c1-11-10-12(6-7-14(11)18)15(19)17(9-8-16)13-4-2-3-5-13/h6-7,10,13,18H,2-5,9H2,1H3. The fourth-order valence-electron chi connectivity index (χ4n) is 2.61. The van der Waals surface area contributed by atoms with Crippen LogP contribution in [-0.2, 0) is 0 Å². The first-order chi connectivity index (χ1) is 9.13. The topological polar surface area (TPSA) is 64.3 Å². The van der Waals surface area contributed by atoms with Crippen molar-refractivity contribution in [2.75, 3.05) is 6.54 Å². The second-order valence-electron chi connectivity index (χ2n) is 5.03.